The third kappa shape index (κ3) is 4.63. The number of rotatable bonds is 7. The predicted molar refractivity (Wildman–Crippen MR) is 59.8 cm³/mol. The highest BCUT2D eigenvalue weighted by molar-refractivity contribution is 4.73. The SMILES string of the molecule is CCC(CN)CC(CC)C(C)NC. The Kier molecular flexibility index (Phi) is 7.29. The van der Waals surface area contributed by atoms with Gasteiger partial charge in [0.2, 0.25) is 0 Å². The summed E-state index contributed by atoms with van der Waals surface area (Å²) in [7, 11) is 2.04. The second-order valence-corrected chi connectivity index (χ2v) is 3.99. The Bertz CT molecular complexity index is 111. The molecule has 3 unspecified atom stereocenters. The van der Waals surface area contributed by atoms with Crippen LogP contribution in [0.3, 0.4) is 0 Å². The number of hydrogen-bond acceptors (Lipinski definition) is 2. The number of nitrogens with two attached hydrogens (primary N) is 1. The molecule has 0 aromatic carbocycles. The van der Waals surface area contributed by atoms with Crippen LogP contribution in [0.5, 0.6) is 0 Å². The molecule has 0 bridgehead atoms. The van der Waals surface area contributed by atoms with E-state index in [9.17, 15) is 0 Å². The molecule has 0 rings (SSSR count). The highest BCUT2D eigenvalue weighted by Gasteiger charge is 2.17. The summed E-state index contributed by atoms with van der Waals surface area (Å²) in [6.45, 7) is 7.59. The van der Waals surface area contributed by atoms with Crippen LogP contribution in [0.25, 0.3) is 0 Å². The molecule has 13 heavy (non-hydrogen) atoms. The molecule has 80 valence electrons. The summed E-state index contributed by atoms with van der Waals surface area (Å²) in [6.07, 6.45) is 3.73. The van der Waals surface area contributed by atoms with Crippen molar-refractivity contribution < 1.29 is 0 Å². The van der Waals surface area contributed by atoms with Crippen LogP contribution in [0.2, 0.25) is 0 Å². The van der Waals surface area contributed by atoms with Crippen molar-refractivity contribution in [1.82, 2.24) is 5.32 Å². The zero-order valence-electron chi connectivity index (χ0n) is 9.64. The summed E-state index contributed by atoms with van der Waals surface area (Å²) < 4.78 is 0. The van der Waals surface area contributed by atoms with Crippen LogP contribution in [0.4, 0.5) is 0 Å². The molecule has 3 N–H and O–H groups in total. The lowest BCUT2D eigenvalue weighted by molar-refractivity contribution is 0.298. The van der Waals surface area contributed by atoms with E-state index in [1.807, 2.05) is 7.05 Å². The highest BCUT2D eigenvalue weighted by atomic mass is 14.9. The fraction of sp³-hybridized carbons (Fsp3) is 1.00. The van der Waals surface area contributed by atoms with Gasteiger partial charge in [0.1, 0.15) is 0 Å². The van der Waals surface area contributed by atoms with Gasteiger partial charge in [0.15, 0.2) is 0 Å². The Morgan fingerprint density at radius 2 is 1.85 bits per heavy atom. The first kappa shape index (κ1) is 12.9. The lowest BCUT2D eigenvalue weighted by Crippen LogP contribution is -2.32. The van der Waals surface area contributed by atoms with E-state index in [1.165, 1.54) is 19.3 Å². The first-order valence-corrected chi connectivity index (χ1v) is 5.56. The normalized spacial score (nSPS) is 18.2. The molecule has 0 saturated heterocycles. The lowest BCUT2D eigenvalue weighted by Gasteiger charge is -2.25. The zero-order valence-corrected chi connectivity index (χ0v) is 9.64. The van der Waals surface area contributed by atoms with Crippen LogP contribution in [-0.4, -0.2) is 19.6 Å². The fourth-order valence-electron chi connectivity index (χ4n) is 1.82. The summed E-state index contributed by atoms with van der Waals surface area (Å²) in [6, 6.07) is 0.616. The first-order chi connectivity index (χ1) is 6.19. The Labute approximate surface area is 83.3 Å². The average molecular weight is 186 g/mol. The summed E-state index contributed by atoms with van der Waals surface area (Å²) >= 11 is 0. The van der Waals surface area contributed by atoms with E-state index in [0.717, 1.165) is 12.5 Å². The van der Waals surface area contributed by atoms with E-state index >= 15 is 0 Å². The van der Waals surface area contributed by atoms with Crippen molar-refractivity contribution in [2.24, 2.45) is 17.6 Å². The molecule has 0 radical (unpaired) electrons. The molecule has 0 aliphatic carbocycles. The van der Waals surface area contributed by atoms with Crippen molar-refractivity contribution in [2.45, 2.75) is 46.1 Å². The van der Waals surface area contributed by atoms with Gasteiger partial charge >= 0.3 is 0 Å². The molecule has 0 spiro atoms. The number of hydrogen-bond donors (Lipinski definition) is 2. The number of nitrogens with one attached hydrogen (secondary N) is 1. The molecule has 0 fully saturated rings. The van der Waals surface area contributed by atoms with Gasteiger partial charge < -0.3 is 11.1 Å². The lowest BCUT2D eigenvalue weighted by atomic mass is 9.86. The van der Waals surface area contributed by atoms with E-state index < -0.39 is 0 Å². The van der Waals surface area contributed by atoms with Crippen molar-refractivity contribution in [3.8, 4) is 0 Å². The van der Waals surface area contributed by atoms with Crippen LogP contribution in [0.1, 0.15) is 40.0 Å². The van der Waals surface area contributed by atoms with E-state index in [2.05, 4.69) is 26.1 Å². The molecular formula is C11H26N2. The van der Waals surface area contributed by atoms with Crippen molar-refractivity contribution in [2.75, 3.05) is 13.6 Å². The quantitative estimate of drug-likeness (QED) is 0.638. The molecule has 0 aliphatic rings. The van der Waals surface area contributed by atoms with Crippen LogP contribution in [0, 0.1) is 11.8 Å². The topological polar surface area (TPSA) is 38.0 Å². The minimum absolute atomic E-state index is 0.616. The second-order valence-electron chi connectivity index (χ2n) is 3.99. The maximum atomic E-state index is 5.71. The van der Waals surface area contributed by atoms with Crippen molar-refractivity contribution in [1.29, 1.82) is 0 Å². The molecule has 0 saturated carbocycles. The summed E-state index contributed by atoms with van der Waals surface area (Å²) in [5.74, 6) is 1.49. The van der Waals surface area contributed by atoms with Crippen molar-refractivity contribution in [3.63, 3.8) is 0 Å². The summed E-state index contributed by atoms with van der Waals surface area (Å²) in [5.41, 5.74) is 5.71. The maximum absolute atomic E-state index is 5.71. The Balaban J connectivity index is 3.94. The van der Waals surface area contributed by atoms with Gasteiger partial charge in [0.25, 0.3) is 0 Å². The highest BCUT2D eigenvalue weighted by Crippen LogP contribution is 2.20. The summed E-state index contributed by atoms with van der Waals surface area (Å²) in [5, 5.41) is 3.33. The monoisotopic (exact) mass is 186 g/mol. The molecule has 0 aliphatic heterocycles. The molecule has 0 amide bonds. The van der Waals surface area contributed by atoms with Crippen molar-refractivity contribution >= 4 is 0 Å². The molecular weight excluding hydrogens is 160 g/mol. The molecule has 0 heterocycles. The molecule has 2 heteroatoms. The predicted octanol–water partition coefficient (Wildman–Crippen LogP) is 2.00. The van der Waals surface area contributed by atoms with E-state index in [0.29, 0.717) is 12.0 Å². The van der Waals surface area contributed by atoms with Crippen molar-refractivity contribution in [3.05, 3.63) is 0 Å². The van der Waals surface area contributed by atoms with Gasteiger partial charge in [-0.25, -0.2) is 0 Å². The average Bonchev–Trinajstić information content (AvgIpc) is 2.19. The maximum Gasteiger partial charge on any atom is 0.00640 e. The first-order valence-electron chi connectivity index (χ1n) is 5.56. The fourth-order valence-corrected chi connectivity index (χ4v) is 1.82. The molecule has 0 aromatic heterocycles. The smallest absolute Gasteiger partial charge is 0.00640 e. The standard InChI is InChI=1S/C11H26N2/c1-5-10(8-12)7-11(6-2)9(3)13-4/h9-11,13H,5-8,12H2,1-4H3. The third-order valence-corrected chi connectivity index (χ3v) is 3.23. The Morgan fingerprint density at radius 3 is 2.15 bits per heavy atom. The van der Waals surface area contributed by atoms with E-state index in [1.54, 1.807) is 0 Å². The van der Waals surface area contributed by atoms with Gasteiger partial charge in [-0.05, 0) is 38.8 Å². The third-order valence-electron chi connectivity index (χ3n) is 3.23. The molecule has 0 aromatic rings. The Morgan fingerprint density at radius 1 is 1.23 bits per heavy atom. The molecule has 3 atom stereocenters. The van der Waals surface area contributed by atoms with Gasteiger partial charge in [-0.15, -0.1) is 0 Å². The van der Waals surface area contributed by atoms with Gasteiger partial charge in [-0.3, -0.25) is 0 Å². The van der Waals surface area contributed by atoms with Crippen LogP contribution in [0.15, 0.2) is 0 Å². The van der Waals surface area contributed by atoms with Gasteiger partial charge in [0, 0.05) is 6.04 Å². The van der Waals surface area contributed by atoms with Crippen LogP contribution >= 0.6 is 0 Å². The minimum atomic E-state index is 0.616. The zero-order chi connectivity index (χ0) is 10.3. The van der Waals surface area contributed by atoms with Crippen LogP contribution < -0.4 is 11.1 Å². The van der Waals surface area contributed by atoms with Gasteiger partial charge in [-0.2, -0.15) is 0 Å². The van der Waals surface area contributed by atoms with Crippen LogP contribution in [-0.2, 0) is 0 Å². The minimum Gasteiger partial charge on any atom is -0.330 e. The van der Waals surface area contributed by atoms with E-state index in [4.69, 9.17) is 5.73 Å². The Hall–Kier alpha value is -0.0800. The van der Waals surface area contributed by atoms with Gasteiger partial charge in [-0.1, -0.05) is 26.7 Å². The molecule has 2 nitrogen and oxygen atoms in total. The summed E-state index contributed by atoms with van der Waals surface area (Å²) in [4.78, 5) is 0. The largest absolute Gasteiger partial charge is 0.330 e. The second kappa shape index (κ2) is 7.34. The van der Waals surface area contributed by atoms with Gasteiger partial charge in [0.05, 0.1) is 0 Å². The van der Waals surface area contributed by atoms with E-state index in [-0.39, 0.29) is 0 Å².